The zero-order valence-electron chi connectivity index (χ0n) is 13.9. The summed E-state index contributed by atoms with van der Waals surface area (Å²) in [6.07, 6.45) is 3.22. The summed E-state index contributed by atoms with van der Waals surface area (Å²) in [6.45, 7) is 13.5. The molecule has 5 nitrogen and oxygen atoms in total. The van der Waals surface area contributed by atoms with E-state index in [0.717, 1.165) is 37.7 Å². The Hall–Kier alpha value is -1.36. The van der Waals surface area contributed by atoms with Gasteiger partial charge in [0.25, 0.3) is 0 Å². The van der Waals surface area contributed by atoms with Gasteiger partial charge < -0.3 is 15.0 Å². The van der Waals surface area contributed by atoms with Crippen LogP contribution in [0.2, 0.25) is 0 Å². The minimum absolute atomic E-state index is 0.232. The van der Waals surface area contributed by atoms with Crippen LogP contribution in [0.4, 0.5) is 11.6 Å². The van der Waals surface area contributed by atoms with Crippen LogP contribution in [-0.2, 0) is 4.74 Å². The molecule has 118 valence electrons. The molecule has 5 heteroatoms. The second kappa shape index (κ2) is 7.07. The van der Waals surface area contributed by atoms with Crippen LogP contribution >= 0.6 is 0 Å². The van der Waals surface area contributed by atoms with Gasteiger partial charge in [-0.25, -0.2) is 9.97 Å². The van der Waals surface area contributed by atoms with Crippen LogP contribution in [0.15, 0.2) is 6.33 Å². The molecule has 0 saturated carbocycles. The van der Waals surface area contributed by atoms with E-state index in [4.69, 9.17) is 4.74 Å². The molecule has 1 N–H and O–H groups in total. The van der Waals surface area contributed by atoms with Crippen molar-refractivity contribution in [3.63, 3.8) is 0 Å². The Morgan fingerprint density at radius 3 is 2.52 bits per heavy atom. The van der Waals surface area contributed by atoms with Gasteiger partial charge in [-0.15, -0.1) is 0 Å². The van der Waals surface area contributed by atoms with E-state index in [1.165, 1.54) is 5.56 Å². The molecule has 1 aromatic rings. The zero-order chi connectivity index (χ0) is 15.4. The van der Waals surface area contributed by atoms with Crippen LogP contribution in [0.5, 0.6) is 0 Å². The molecule has 2 atom stereocenters. The molecule has 1 saturated heterocycles. The first-order chi connectivity index (χ1) is 10.0. The maximum absolute atomic E-state index is 5.83. The van der Waals surface area contributed by atoms with Crippen molar-refractivity contribution in [1.29, 1.82) is 0 Å². The maximum Gasteiger partial charge on any atom is 0.137 e. The quantitative estimate of drug-likeness (QED) is 0.904. The molecular formula is C16H28N4O. The lowest BCUT2D eigenvalue weighted by Gasteiger charge is -2.37. The second-order valence-corrected chi connectivity index (χ2v) is 6.20. The van der Waals surface area contributed by atoms with Crippen molar-refractivity contribution in [3.8, 4) is 0 Å². The summed E-state index contributed by atoms with van der Waals surface area (Å²) in [4.78, 5) is 11.4. The average molecular weight is 292 g/mol. The summed E-state index contributed by atoms with van der Waals surface area (Å²) in [7, 11) is 0. The molecule has 21 heavy (non-hydrogen) atoms. The van der Waals surface area contributed by atoms with Crippen molar-refractivity contribution >= 4 is 11.6 Å². The molecule has 2 rings (SSSR count). The molecule has 1 fully saturated rings. The highest BCUT2D eigenvalue weighted by Crippen LogP contribution is 2.32. The second-order valence-electron chi connectivity index (χ2n) is 6.20. The highest BCUT2D eigenvalue weighted by atomic mass is 16.5. The Morgan fingerprint density at radius 2 is 1.95 bits per heavy atom. The zero-order valence-corrected chi connectivity index (χ0v) is 13.9. The first-order valence-electron chi connectivity index (χ1n) is 8.02. The molecule has 0 bridgehead atoms. The Balaban J connectivity index is 2.33. The smallest absolute Gasteiger partial charge is 0.137 e. The Morgan fingerprint density at radius 1 is 1.29 bits per heavy atom. The van der Waals surface area contributed by atoms with Gasteiger partial charge in [0, 0.05) is 25.2 Å². The van der Waals surface area contributed by atoms with E-state index < -0.39 is 0 Å². The standard InChI is InChI=1S/C16H28N4O/c1-6-7-17-15-14(11(2)3)16(19-10-18-15)20-8-12(4)21-13(5)9-20/h10-13H,6-9H2,1-5H3,(H,17,18,19). The molecule has 2 heterocycles. The van der Waals surface area contributed by atoms with Crippen molar-refractivity contribution in [3.05, 3.63) is 11.9 Å². The number of hydrogen-bond acceptors (Lipinski definition) is 5. The number of morpholine rings is 1. The molecule has 0 aliphatic carbocycles. The number of aromatic nitrogens is 2. The number of nitrogens with zero attached hydrogens (tertiary/aromatic N) is 3. The molecule has 1 aromatic heterocycles. The van der Waals surface area contributed by atoms with Crippen molar-refractivity contribution in [2.75, 3.05) is 29.9 Å². The molecule has 0 radical (unpaired) electrons. The molecular weight excluding hydrogens is 264 g/mol. The van der Waals surface area contributed by atoms with Gasteiger partial charge in [-0.05, 0) is 26.2 Å². The molecule has 1 aliphatic rings. The number of rotatable bonds is 5. The minimum atomic E-state index is 0.232. The summed E-state index contributed by atoms with van der Waals surface area (Å²) in [6, 6.07) is 0. The van der Waals surface area contributed by atoms with Crippen LogP contribution in [0.1, 0.15) is 52.5 Å². The Kier molecular flexibility index (Phi) is 5.39. The van der Waals surface area contributed by atoms with E-state index >= 15 is 0 Å². The van der Waals surface area contributed by atoms with Gasteiger partial charge in [0.1, 0.15) is 18.0 Å². The highest BCUT2D eigenvalue weighted by Gasteiger charge is 2.27. The van der Waals surface area contributed by atoms with Crippen LogP contribution < -0.4 is 10.2 Å². The van der Waals surface area contributed by atoms with E-state index in [0.29, 0.717) is 5.92 Å². The molecule has 0 amide bonds. The largest absolute Gasteiger partial charge is 0.372 e. The number of hydrogen-bond donors (Lipinski definition) is 1. The van der Waals surface area contributed by atoms with Gasteiger partial charge in [-0.1, -0.05) is 20.8 Å². The van der Waals surface area contributed by atoms with Gasteiger partial charge >= 0.3 is 0 Å². The molecule has 0 spiro atoms. The third-order valence-corrected chi connectivity index (χ3v) is 3.70. The van der Waals surface area contributed by atoms with Crippen LogP contribution in [-0.4, -0.2) is 41.8 Å². The number of anilines is 2. The van der Waals surface area contributed by atoms with Gasteiger partial charge in [-0.2, -0.15) is 0 Å². The average Bonchev–Trinajstić information content (AvgIpc) is 2.43. The van der Waals surface area contributed by atoms with Crippen molar-refractivity contribution in [2.24, 2.45) is 0 Å². The van der Waals surface area contributed by atoms with Crippen molar-refractivity contribution in [1.82, 2.24) is 9.97 Å². The molecule has 1 aliphatic heterocycles. The monoisotopic (exact) mass is 292 g/mol. The summed E-state index contributed by atoms with van der Waals surface area (Å²) in [5.74, 6) is 2.42. The lowest BCUT2D eigenvalue weighted by Crippen LogP contribution is -2.46. The van der Waals surface area contributed by atoms with Gasteiger partial charge in [0.15, 0.2) is 0 Å². The van der Waals surface area contributed by atoms with E-state index in [9.17, 15) is 0 Å². The number of nitrogens with one attached hydrogen (secondary N) is 1. The van der Waals surface area contributed by atoms with Crippen LogP contribution in [0.3, 0.4) is 0 Å². The normalized spacial score (nSPS) is 22.7. The first-order valence-corrected chi connectivity index (χ1v) is 8.02. The van der Waals surface area contributed by atoms with E-state index in [1.807, 2.05) is 0 Å². The predicted molar refractivity (Wildman–Crippen MR) is 87.1 cm³/mol. The summed E-state index contributed by atoms with van der Waals surface area (Å²) in [5.41, 5.74) is 1.22. The molecule has 0 aromatic carbocycles. The van der Waals surface area contributed by atoms with Crippen molar-refractivity contribution < 1.29 is 4.74 Å². The third-order valence-electron chi connectivity index (χ3n) is 3.70. The lowest BCUT2D eigenvalue weighted by atomic mass is 10.0. The Labute approximate surface area is 128 Å². The van der Waals surface area contributed by atoms with E-state index in [1.54, 1.807) is 6.33 Å². The minimum Gasteiger partial charge on any atom is -0.372 e. The van der Waals surface area contributed by atoms with Gasteiger partial charge in [0.2, 0.25) is 0 Å². The van der Waals surface area contributed by atoms with Gasteiger partial charge in [0.05, 0.1) is 12.2 Å². The third kappa shape index (κ3) is 3.84. The lowest BCUT2D eigenvalue weighted by molar-refractivity contribution is -0.00552. The molecule has 2 unspecified atom stereocenters. The van der Waals surface area contributed by atoms with E-state index in [2.05, 4.69) is 54.8 Å². The first kappa shape index (κ1) is 16.0. The van der Waals surface area contributed by atoms with Crippen LogP contribution in [0.25, 0.3) is 0 Å². The fraction of sp³-hybridized carbons (Fsp3) is 0.750. The van der Waals surface area contributed by atoms with Gasteiger partial charge in [-0.3, -0.25) is 0 Å². The predicted octanol–water partition coefficient (Wildman–Crippen LogP) is 3.04. The fourth-order valence-corrected chi connectivity index (χ4v) is 2.91. The topological polar surface area (TPSA) is 50.3 Å². The maximum atomic E-state index is 5.83. The fourth-order valence-electron chi connectivity index (χ4n) is 2.91. The summed E-state index contributed by atoms with van der Waals surface area (Å²) >= 11 is 0. The Bertz CT molecular complexity index is 454. The summed E-state index contributed by atoms with van der Waals surface area (Å²) in [5, 5.41) is 3.44. The van der Waals surface area contributed by atoms with E-state index in [-0.39, 0.29) is 12.2 Å². The SMILES string of the molecule is CCCNc1ncnc(N2CC(C)OC(C)C2)c1C(C)C. The highest BCUT2D eigenvalue weighted by molar-refractivity contribution is 5.60. The van der Waals surface area contributed by atoms with Crippen LogP contribution in [0, 0.1) is 0 Å². The summed E-state index contributed by atoms with van der Waals surface area (Å²) < 4.78 is 5.83. The number of ether oxygens (including phenoxy) is 1. The van der Waals surface area contributed by atoms with Crippen molar-refractivity contribution in [2.45, 2.75) is 59.2 Å².